The van der Waals surface area contributed by atoms with E-state index < -0.39 is 5.91 Å². The molecular formula is C16H12Cl2N2O3. The Morgan fingerprint density at radius 3 is 2.83 bits per heavy atom. The quantitative estimate of drug-likeness (QED) is 0.647. The first-order chi connectivity index (χ1) is 10.9. The lowest BCUT2D eigenvalue weighted by atomic mass is 10.1. The van der Waals surface area contributed by atoms with Crippen LogP contribution in [0.4, 0.5) is 0 Å². The highest BCUT2D eigenvalue weighted by Crippen LogP contribution is 2.22. The van der Waals surface area contributed by atoms with Gasteiger partial charge in [-0.15, -0.1) is 0 Å². The Bertz CT molecular complexity index is 791. The van der Waals surface area contributed by atoms with Gasteiger partial charge in [-0.1, -0.05) is 23.2 Å². The van der Waals surface area contributed by atoms with Gasteiger partial charge < -0.3 is 5.11 Å². The van der Waals surface area contributed by atoms with Crippen molar-refractivity contribution in [2.75, 3.05) is 0 Å². The predicted molar refractivity (Wildman–Crippen MR) is 89.2 cm³/mol. The van der Waals surface area contributed by atoms with E-state index in [1.165, 1.54) is 29.4 Å². The van der Waals surface area contributed by atoms with Crippen molar-refractivity contribution in [2.45, 2.75) is 6.92 Å². The Labute approximate surface area is 142 Å². The van der Waals surface area contributed by atoms with E-state index in [4.69, 9.17) is 23.2 Å². The third-order valence-corrected chi connectivity index (χ3v) is 3.64. The number of allylic oxidation sites excluding steroid dienone is 2. The number of carbonyl (C=O) groups excluding carboxylic acids is 2. The van der Waals surface area contributed by atoms with E-state index in [9.17, 15) is 14.7 Å². The van der Waals surface area contributed by atoms with Crippen LogP contribution in [0.2, 0.25) is 10.0 Å². The highest BCUT2D eigenvalue weighted by Gasteiger charge is 2.17. The molecule has 0 saturated heterocycles. The predicted octanol–water partition coefficient (Wildman–Crippen LogP) is 3.41. The van der Waals surface area contributed by atoms with Crippen LogP contribution in [0.5, 0.6) is 0 Å². The summed E-state index contributed by atoms with van der Waals surface area (Å²) in [5, 5.41) is 12.0. The third kappa shape index (κ3) is 4.05. The van der Waals surface area contributed by atoms with E-state index in [0.717, 1.165) is 0 Å². The molecule has 1 amide bonds. The van der Waals surface area contributed by atoms with Gasteiger partial charge in [0.1, 0.15) is 11.5 Å². The lowest BCUT2D eigenvalue weighted by molar-refractivity contribution is -0.119. The first-order valence-corrected chi connectivity index (χ1v) is 7.24. The third-order valence-electron chi connectivity index (χ3n) is 3.06. The zero-order chi connectivity index (χ0) is 17.0. The summed E-state index contributed by atoms with van der Waals surface area (Å²) in [6.45, 7) is 1.55. The van der Waals surface area contributed by atoms with E-state index >= 15 is 0 Å². The van der Waals surface area contributed by atoms with Crippen LogP contribution in [0, 0.1) is 0 Å². The van der Waals surface area contributed by atoms with Gasteiger partial charge in [-0.3, -0.25) is 15.2 Å². The Morgan fingerprint density at radius 1 is 1.39 bits per heavy atom. The minimum Gasteiger partial charge on any atom is -0.505 e. The number of amides is 1. The number of hydrazine groups is 1. The molecule has 1 aliphatic rings. The zero-order valence-corrected chi connectivity index (χ0v) is 13.5. The number of halogens is 2. The van der Waals surface area contributed by atoms with Gasteiger partial charge in [-0.25, -0.2) is 4.79 Å². The SMILES string of the molecule is CC1=C(O)C(=C=O)C=CN1NC(=O)/C=C/c1cc(Cl)ccc1Cl. The minimum atomic E-state index is -0.448. The fourth-order valence-electron chi connectivity index (χ4n) is 1.82. The summed E-state index contributed by atoms with van der Waals surface area (Å²) in [6.07, 6.45) is 5.58. The standard InChI is InChI=1S/C16H12Cl2N2O3/c1-10-16(23)12(9-21)6-7-20(10)19-15(22)5-2-11-8-13(17)3-4-14(11)18/h2-8,23H,1H3,(H,19,22)/b5-2+. The highest BCUT2D eigenvalue weighted by molar-refractivity contribution is 6.34. The monoisotopic (exact) mass is 350 g/mol. The summed E-state index contributed by atoms with van der Waals surface area (Å²) in [6, 6.07) is 4.91. The van der Waals surface area contributed by atoms with Gasteiger partial charge in [-0.05, 0) is 42.8 Å². The summed E-state index contributed by atoms with van der Waals surface area (Å²) in [5.74, 6) is 0.914. The molecule has 7 heteroatoms. The fraction of sp³-hybridized carbons (Fsp3) is 0.0625. The Hall–Kier alpha value is -2.46. The summed E-state index contributed by atoms with van der Waals surface area (Å²) in [5.41, 5.74) is 3.46. The van der Waals surface area contributed by atoms with Crippen molar-refractivity contribution in [1.82, 2.24) is 10.4 Å². The first kappa shape index (κ1) is 16.9. The van der Waals surface area contributed by atoms with Crippen molar-refractivity contribution < 1.29 is 14.7 Å². The first-order valence-electron chi connectivity index (χ1n) is 6.49. The highest BCUT2D eigenvalue weighted by atomic mass is 35.5. The number of benzene rings is 1. The molecule has 0 fully saturated rings. The average Bonchev–Trinajstić information content (AvgIpc) is 2.53. The Balaban J connectivity index is 2.10. The zero-order valence-electron chi connectivity index (χ0n) is 12.0. The molecule has 1 aromatic rings. The Morgan fingerprint density at radius 2 is 2.13 bits per heavy atom. The Kier molecular flexibility index (Phi) is 5.29. The largest absolute Gasteiger partial charge is 0.505 e. The lowest BCUT2D eigenvalue weighted by Gasteiger charge is -2.24. The molecule has 0 atom stereocenters. The number of hydrogen-bond donors (Lipinski definition) is 2. The van der Waals surface area contributed by atoms with Crippen LogP contribution in [-0.4, -0.2) is 22.0 Å². The number of aliphatic hydroxyl groups is 1. The van der Waals surface area contributed by atoms with Gasteiger partial charge in [0.05, 0.1) is 5.70 Å². The molecule has 5 nitrogen and oxygen atoms in total. The lowest BCUT2D eigenvalue weighted by Crippen LogP contribution is -2.38. The molecule has 0 aromatic heterocycles. The number of hydrogen-bond acceptors (Lipinski definition) is 4. The summed E-state index contributed by atoms with van der Waals surface area (Å²) >= 11 is 11.9. The number of nitrogens with one attached hydrogen (secondary N) is 1. The smallest absolute Gasteiger partial charge is 0.262 e. The van der Waals surface area contributed by atoms with Crippen LogP contribution < -0.4 is 5.43 Å². The summed E-state index contributed by atoms with van der Waals surface area (Å²) in [7, 11) is 0. The van der Waals surface area contributed by atoms with Crippen LogP contribution in [0.15, 0.2) is 53.6 Å². The molecule has 118 valence electrons. The van der Waals surface area contributed by atoms with Crippen LogP contribution in [0.3, 0.4) is 0 Å². The minimum absolute atomic E-state index is 0.0225. The molecule has 0 radical (unpaired) electrons. The summed E-state index contributed by atoms with van der Waals surface area (Å²) < 4.78 is 0. The topological polar surface area (TPSA) is 69.6 Å². The van der Waals surface area contributed by atoms with Crippen molar-refractivity contribution >= 4 is 41.1 Å². The molecular weight excluding hydrogens is 339 g/mol. The van der Waals surface area contributed by atoms with Crippen LogP contribution in [0.25, 0.3) is 6.08 Å². The van der Waals surface area contributed by atoms with Crippen molar-refractivity contribution in [2.24, 2.45) is 0 Å². The van der Waals surface area contributed by atoms with Gasteiger partial charge in [0.25, 0.3) is 5.91 Å². The van der Waals surface area contributed by atoms with Crippen LogP contribution in [-0.2, 0) is 9.59 Å². The van der Waals surface area contributed by atoms with Gasteiger partial charge in [0.2, 0.25) is 0 Å². The second kappa shape index (κ2) is 7.20. The van der Waals surface area contributed by atoms with Crippen LogP contribution in [0.1, 0.15) is 12.5 Å². The van der Waals surface area contributed by atoms with Crippen molar-refractivity contribution in [1.29, 1.82) is 0 Å². The molecule has 0 aliphatic carbocycles. The molecule has 1 heterocycles. The second-order valence-electron chi connectivity index (χ2n) is 4.61. The van der Waals surface area contributed by atoms with E-state index in [2.05, 4.69) is 5.43 Å². The van der Waals surface area contributed by atoms with Gasteiger partial charge in [-0.2, -0.15) is 0 Å². The summed E-state index contributed by atoms with van der Waals surface area (Å²) in [4.78, 5) is 22.6. The average molecular weight is 351 g/mol. The molecule has 1 aliphatic heterocycles. The molecule has 0 saturated carbocycles. The molecule has 2 rings (SSSR count). The maximum Gasteiger partial charge on any atom is 0.262 e. The van der Waals surface area contributed by atoms with Crippen molar-refractivity contribution in [3.63, 3.8) is 0 Å². The number of nitrogens with zero attached hydrogens (tertiary/aromatic N) is 1. The van der Waals surface area contributed by atoms with Gasteiger partial charge >= 0.3 is 0 Å². The van der Waals surface area contributed by atoms with E-state index in [1.807, 2.05) is 0 Å². The van der Waals surface area contributed by atoms with E-state index in [-0.39, 0.29) is 11.3 Å². The van der Waals surface area contributed by atoms with E-state index in [0.29, 0.717) is 21.3 Å². The fourth-order valence-corrected chi connectivity index (χ4v) is 2.18. The van der Waals surface area contributed by atoms with Crippen LogP contribution >= 0.6 is 23.2 Å². The molecule has 0 bridgehead atoms. The van der Waals surface area contributed by atoms with Crippen molar-refractivity contribution in [3.8, 4) is 0 Å². The van der Waals surface area contributed by atoms with Gasteiger partial charge in [0, 0.05) is 22.3 Å². The molecule has 0 unspecified atom stereocenters. The number of carbonyl (C=O) groups is 1. The van der Waals surface area contributed by atoms with Crippen molar-refractivity contribution in [3.05, 3.63) is 69.2 Å². The number of rotatable bonds is 3. The van der Waals surface area contributed by atoms with Gasteiger partial charge in [0.15, 0.2) is 5.76 Å². The molecule has 1 aromatic carbocycles. The maximum atomic E-state index is 11.9. The molecule has 0 spiro atoms. The maximum absolute atomic E-state index is 11.9. The number of aliphatic hydroxyl groups excluding tert-OH is 1. The normalized spacial score (nSPS) is 14.4. The molecule has 23 heavy (non-hydrogen) atoms. The second-order valence-corrected chi connectivity index (χ2v) is 5.45. The van der Waals surface area contributed by atoms with E-state index in [1.54, 1.807) is 31.1 Å². The molecule has 2 N–H and O–H groups in total.